The number of aromatic nitrogens is 4. The zero-order valence-electron chi connectivity index (χ0n) is 17.7. The van der Waals surface area contributed by atoms with E-state index in [2.05, 4.69) is 30.0 Å². The van der Waals surface area contributed by atoms with Gasteiger partial charge < -0.3 is 10.1 Å². The number of nitrogens with zero attached hydrogens (tertiary/aromatic N) is 4. The first-order valence-corrected chi connectivity index (χ1v) is 11.4. The molecule has 12 heteroatoms. The summed E-state index contributed by atoms with van der Waals surface area (Å²) in [5, 5.41) is 3.62. The Morgan fingerprint density at radius 1 is 1.09 bits per heavy atom. The summed E-state index contributed by atoms with van der Waals surface area (Å²) in [7, 11) is -1.28. The molecule has 0 fully saturated rings. The highest BCUT2D eigenvalue weighted by atomic mass is 35.5. The standard InChI is InChI=1S/C21H18ClFN6O3S/c1-11-15(6-13-9-26-21(24-2)28-19(13)27-11)12-4-5-16(23)17(7-12)29-33(30,31)18-8-14(22)10-25-20(18)32-3/h4-10,29H,1-3H3,(H,24,26,27,28). The molecule has 0 radical (unpaired) electrons. The van der Waals surface area contributed by atoms with Crippen molar-refractivity contribution in [1.29, 1.82) is 0 Å². The van der Waals surface area contributed by atoms with Crippen LogP contribution < -0.4 is 14.8 Å². The normalized spacial score (nSPS) is 11.4. The largest absolute Gasteiger partial charge is 0.480 e. The minimum Gasteiger partial charge on any atom is -0.480 e. The quantitative estimate of drug-likeness (QED) is 0.417. The number of nitrogens with one attached hydrogen (secondary N) is 2. The van der Waals surface area contributed by atoms with Gasteiger partial charge in [-0.3, -0.25) is 4.72 Å². The fourth-order valence-corrected chi connectivity index (χ4v) is 4.62. The molecule has 0 aliphatic rings. The van der Waals surface area contributed by atoms with E-state index in [0.717, 1.165) is 0 Å². The monoisotopic (exact) mass is 488 g/mol. The van der Waals surface area contributed by atoms with E-state index in [4.69, 9.17) is 16.3 Å². The lowest BCUT2D eigenvalue weighted by molar-refractivity contribution is 0.385. The maximum Gasteiger partial charge on any atom is 0.267 e. The van der Waals surface area contributed by atoms with Crippen molar-refractivity contribution in [3.63, 3.8) is 0 Å². The number of anilines is 2. The van der Waals surface area contributed by atoms with Crippen LogP contribution in [0.4, 0.5) is 16.0 Å². The number of aryl methyl sites for hydroxylation is 1. The fourth-order valence-electron chi connectivity index (χ4n) is 3.19. The Labute approximate surface area is 194 Å². The van der Waals surface area contributed by atoms with E-state index < -0.39 is 15.8 Å². The van der Waals surface area contributed by atoms with Gasteiger partial charge in [-0.1, -0.05) is 17.7 Å². The number of fused-ring (bicyclic) bond motifs is 1. The molecule has 3 heterocycles. The minimum absolute atomic E-state index is 0.0897. The Kier molecular flexibility index (Phi) is 6.00. The number of hydrogen-bond acceptors (Lipinski definition) is 8. The van der Waals surface area contributed by atoms with Crippen LogP contribution >= 0.6 is 11.6 Å². The zero-order valence-corrected chi connectivity index (χ0v) is 19.3. The summed E-state index contributed by atoms with van der Waals surface area (Å²) >= 11 is 5.90. The lowest BCUT2D eigenvalue weighted by Crippen LogP contribution is -2.15. The van der Waals surface area contributed by atoms with Crippen molar-refractivity contribution >= 4 is 44.3 Å². The Bertz CT molecular complexity index is 1480. The van der Waals surface area contributed by atoms with Gasteiger partial charge in [-0.05, 0) is 36.8 Å². The molecule has 0 atom stereocenters. The molecule has 0 unspecified atom stereocenters. The average Bonchev–Trinajstić information content (AvgIpc) is 2.79. The second-order valence-corrected chi connectivity index (χ2v) is 9.03. The third-order valence-corrected chi connectivity index (χ3v) is 6.34. The summed E-state index contributed by atoms with van der Waals surface area (Å²) in [5.41, 5.74) is 2.10. The lowest BCUT2D eigenvalue weighted by atomic mass is 10.0. The number of methoxy groups -OCH3 is 1. The molecule has 0 aliphatic carbocycles. The molecule has 0 saturated carbocycles. The maximum absolute atomic E-state index is 14.6. The SMILES string of the molecule is CNc1ncc2cc(-c3ccc(F)c(NS(=O)(=O)c4cc(Cl)cnc4OC)c3)c(C)nc2n1. The number of ether oxygens (including phenoxy) is 1. The average molecular weight is 489 g/mol. The molecule has 33 heavy (non-hydrogen) atoms. The Morgan fingerprint density at radius 3 is 2.61 bits per heavy atom. The van der Waals surface area contributed by atoms with Gasteiger partial charge in [0.1, 0.15) is 5.82 Å². The molecular weight excluding hydrogens is 471 g/mol. The van der Waals surface area contributed by atoms with Gasteiger partial charge in [-0.25, -0.2) is 27.8 Å². The molecule has 0 saturated heterocycles. The molecule has 2 N–H and O–H groups in total. The molecule has 0 spiro atoms. The van der Waals surface area contributed by atoms with E-state index in [-0.39, 0.29) is 21.5 Å². The first-order chi connectivity index (χ1) is 15.7. The first kappa shape index (κ1) is 22.6. The van der Waals surface area contributed by atoms with E-state index in [0.29, 0.717) is 33.8 Å². The molecule has 1 aromatic carbocycles. The van der Waals surface area contributed by atoms with Crippen LogP contribution in [0.25, 0.3) is 22.2 Å². The number of rotatable bonds is 6. The summed E-state index contributed by atoms with van der Waals surface area (Å²) in [5.74, 6) is -0.491. The number of benzene rings is 1. The fraction of sp³-hybridized carbons (Fsp3) is 0.143. The van der Waals surface area contributed by atoms with Crippen molar-refractivity contribution in [2.75, 3.05) is 24.2 Å². The second-order valence-electron chi connectivity index (χ2n) is 6.94. The topological polar surface area (TPSA) is 119 Å². The first-order valence-electron chi connectivity index (χ1n) is 9.56. The molecule has 4 aromatic rings. The summed E-state index contributed by atoms with van der Waals surface area (Å²) in [4.78, 5) is 16.5. The van der Waals surface area contributed by atoms with Gasteiger partial charge in [-0.15, -0.1) is 0 Å². The molecule has 9 nitrogen and oxygen atoms in total. The molecular formula is C21H18ClFN6O3S. The van der Waals surface area contributed by atoms with Crippen LogP contribution in [-0.2, 0) is 10.0 Å². The summed E-state index contributed by atoms with van der Waals surface area (Å²) < 4.78 is 47.7. The molecule has 170 valence electrons. The van der Waals surface area contributed by atoms with E-state index in [1.165, 1.54) is 37.6 Å². The van der Waals surface area contributed by atoms with Gasteiger partial charge in [0.25, 0.3) is 10.0 Å². The number of hydrogen-bond donors (Lipinski definition) is 2. The second kappa shape index (κ2) is 8.75. The van der Waals surface area contributed by atoms with Crippen LogP contribution in [0.2, 0.25) is 5.02 Å². The summed E-state index contributed by atoms with van der Waals surface area (Å²) in [6.45, 7) is 1.78. The number of sulfonamides is 1. The van der Waals surface area contributed by atoms with Crippen LogP contribution in [0.15, 0.2) is 47.6 Å². The highest BCUT2D eigenvalue weighted by Crippen LogP contribution is 2.32. The van der Waals surface area contributed by atoms with E-state index in [9.17, 15) is 12.8 Å². The highest BCUT2D eigenvalue weighted by Gasteiger charge is 2.23. The predicted octanol–water partition coefficient (Wildman–Crippen LogP) is 4.04. The number of pyridine rings is 2. The Hall–Kier alpha value is -3.57. The van der Waals surface area contributed by atoms with Crippen LogP contribution in [0.1, 0.15) is 5.69 Å². The van der Waals surface area contributed by atoms with Gasteiger partial charge in [0, 0.05) is 36.1 Å². The van der Waals surface area contributed by atoms with Crippen LogP contribution in [-0.4, -0.2) is 42.5 Å². The lowest BCUT2D eigenvalue weighted by Gasteiger charge is -2.14. The van der Waals surface area contributed by atoms with Crippen molar-refractivity contribution in [3.05, 3.63) is 59.3 Å². The molecule has 0 aliphatic heterocycles. The predicted molar refractivity (Wildman–Crippen MR) is 124 cm³/mol. The van der Waals surface area contributed by atoms with E-state index in [1.807, 2.05) is 6.07 Å². The summed E-state index contributed by atoms with van der Waals surface area (Å²) in [6, 6.07) is 7.08. The zero-order chi connectivity index (χ0) is 23.8. The van der Waals surface area contributed by atoms with E-state index >= 15 is 0 Å². The van der Waals surface area contributed by atoms with Crippen molar-refractivity contribution in [3.8, 4) is 17.0 Å². The molecule has 0 bridgehead atoms. The van der Waals surface area contributed by atoms with Gasteiger partial charge in [0.15, 0.2) is 10.5 Å². The summed E-state index contributed by atoms with van der Waals surface area (Å²) in [6.07, 6.45) is 2.87. The van der Waals surface area contributed by atoms with Gasteiger partial charge >= 0.3 is 0 Å². The van der Waals surface area contributed by atoms with Crippen molar-refractivity contribution in [2.24, 2.45) is 0 Å². The molecule has 4 rings (SSSR count). The smallest absolute Gasteiger partial charge is 0.267 e. The van der Waals surface area contributed by atoms with Crippen LogP contribution in [0.3, 0.4) is 0 Å². The van der Waals surface area contributed by atoms with Gasteiger partial charge in [-0.2, -0.15) is 4.98 Å². The Morgan fingerprint density at radius 2 is 1.88 bits per heavy atom. The third-order valence-electron chi connectivity index (χ3n) is 4.77. The molecule has 3 aromatic heterocycles. The number of halogens is 2. The van der Waals surface area contributed by atoms with Crippen LogP contribution in [0, 0.1) is 12.7 Å². The maximum atomic E-state index is 14.6. The van der Waals surface area contributed by atoms with Crippen molar-refractivity contribution < 1.29 is 17.5 Å². The molecule has 0 amide bonds. The van der Waals surface area contributed by atoms with Crippen molar-refractivity contribution in [1.82, 2.24) is 19.9 Å². The minimum atomic E-state index is -4.26. The highest BCUT2D eigenvalue weighted by molar-refractivity contribution is 7.92. The van der Waals surface area contributed by atoms with Crippen LogP contribution in [0.5, 0.6) is 5.88 Å². The third kappa shape index (κ3) is 4.50. The van der Waals surface area contributed by atoms with Crippen molar-refractivity contribution in [2.45, 2.75) is 11.8 Å². The van der Waals surface area contributed by atoms with Gasteiger partial charge in [0.05, 0.1) is 17.8 Å². The van der Waals surface area contributed by atoms with Gasteiger partial charge in [0.2, 0.25) is 11.8 Å². The van der Waals surface area contributed by atoms with E-state index in [1.54, 1.807) is 20.2 Å². The Balaban J connectivity index is 1.76.